The first kappa shape index (κ1) is 19.1. The van der Waals surface area contributed by atoms with Crippen LogP contribution in [0.4, 0.5) is 8.78 Å². The zero-order valence-corrected chi connectivity index (χ0v) is 16.3. The molecule has 0 unspecified atom stereocenters. The molecule has 2 fully saturated rings. The Bertz CT molecular complexity index is 876. The molecule has 28 heavy (non-hydrogen) atoms. The van der Waals surface area contributed by atoms with Crippen molar-refractivity contribution in [3.8, 4) is 0 Å². The van der Waals surface area contributed by atoms with E-state index in [1.54, 1.807) is 4.68 Å². The molecule has 2 atom stereocenters. The summed E-state index contributed by atoms with van der Waals surface area (Å²) in [5.74, 6) is -1.28. The number of nitrogens with zero attached hydrogens (tertiary/aromatic N) is 3. The third-order valence-corrected chi connectivity index (χ3v) is 6.07. The number of hydrogen-bond acceptors (Lipinski definition) is 3. The number of benzene rings is 1. The predicted molar refractivity (Wildman–Crippen MR) is 102 cm³/mol. The van der Waals surface area contributed by atoms with E-state index in [0.29, 0.717) is 31.6 Å². The maximum absolute atomic E-state index is 13.9. The summed E-state index contributed by atoms with van der Waals surface area (Å²) in [4.78, 5) is 14.7. The number of carbonyl (C=O) groups is 1. The lowest BCUT2D eigenvalue weighted by Gasteiger charge is -2.35. The van der Waals surface area contributed by atoms with Gasteiger partial charge in [-0.05, 0) is 37.5 Å². The molecular weight excluding hydrogens is 362 g/mol. The van der Waals surface area contributed by atoms with Gasteiger partial charge in [0.15, 0.2) is 0 Å². The van der Waals surface area contributed by atoms with Gasteiger partial charge in [0.1, 0.15) is 11.6 Å². The van der Waals surface area contributed by atoms with E-state index in [4.69, 9.17) is 0 Å². The van der Waals surface area contributed by atoms with Gasteiger partial charge in [-0.3, -0.25) is 14.4 Å². The van der Waals surface area contributed by atoms with Crippen LogP contribution in [0.3, 0.4) is 0 Å². The van der Waals surface area contributed by atoms with Gasteiger partial charge in [0, 0.05) is 56.8 Å². The fourth-order valence-corrected chi connectivity index (χ4v) is 4.88. The van der Waals surface area contributed by atoms with E-state index in [1.165, 1.54) is 12.1 Å². The second-order valence-corrected chi connectivity index (χ2v) is 8.25. The molecule has 1 amide bonds. The molecule has 0 bridgehead atoms. The van der Waals surface area contributed by atoms with Gasteiger partial charge >= 0.3 is 0 Å². The Hall–Kier alpha value is -2.28. The highest BCUT2D eigenvalue weighted by molar-refractivity contribution is 5.77. The monoisotopic (exact) mass is 388 g/mol. The summed E-state index contributed by atoms with van der Waals surface area (Å²) in [6.07, 6.45) is 5.09. The van der Waals surface area contributed by atoms with Crippen molar-refractivity contribution in [2.24, 2.45) is 7.05 Å². The van der Waals surface area contributed by atoms with Crippen molar-refractivity contribution >= 4 is 5.91 Å². The minimum absolute atomic E-state index is 0.0267. The van der Waals surface area contributed by atoms with Crippen molar-refractivity contribution in [1.82, 2.24) is 20.0 Å². The Labute approximate surface area is 163 Å². The molecule has 5 nitrogen and oxygen atoms in total. The molecule has 7 heteroatoms. The van der Waals surface area contributed by atoms with Gasteiger partial charge in [0.2, 0.25) is 5.91 Å². The molecule has 150 valence electrons. The highest BCUT2D eigenvalue weighted by Crippen LogP contribution is 2.41. The molecule has 0 aliphatic carbocycles. The quantitative estimate of drug-likeness (QED) is 0.879. The molecule has 2 aliphatic heterocycles. The molecule has 1 spiro atoms. The van der Waals surface area contributed by atoms with Crippen LogP contribution in [0.1, 0.15) is 48.4 Å². The molecule has 1 aromatic carbocycles. The summed E-state index contributed by atoms with van der Waals surface area (Å²) in [6, 6.07) is 3.71. The molecule has 2 aliphatic rings. The molecule has 2 saturated heterocycles. The van der Waals surface area contributed by atoms with E-state index in [2.05, 4.69) is 15.3 Å². The number of aryl methyl sites for hydroxylation is 2. The SMILES string of the molecule is Cc1nn(C)cc1CN1C[C@@H](c2cc(F)cc(F)c2)[C@@]2(CCCCC(=O)N2)C1. The van der Waals surface area contributed by atoms with Gasteiger partial charge in [-0.1, -0.05) is 6.42 Å². The highest BCUT2D eigenvalue weighted by atomic mass is 19.1. The molecule has 0 saturated carbocycles. The average molecular weight is 388 g/mol. The third-order valence-electron chi connectivity index (χ3n) is 6.07. The molecule has 0 radical (unpaired) electrons. The molecule has 1 aromatic heterocycles. The van der Waals surface area contributed by atoms with Gasteiger partial charge in [-0.2, -0.15) is 5.10 Å². The van der Waals surface area contributed by atoms with Crippen molar-refractivity contribution in [3.63, 3.8) is 0 Å². The first-order valence-electron chi connectivity index (χ1n) is 9.83. The van der Waals surface area contributed by atoms with Crippen LogP contribution in [0.5, 0.6) is 0 Å². The second kappa shape index (κ2) is 7.28. The fraction of sp³-hybridized carbons (Fsp3) is 0.524. The Morgan fingerprint density at radius 2 is 2.00 bits per heavy atom. The van der Waals surface area contributed by atoms with Gasteiger partial charge in [-0.25, -0.2) is 8.78 Å². The van der Waals surface area contributed by atoms with Gasteiger partial charge in [-0.15, -0.1) is 0 Å². The van der Waals surface area contributed by atoms with Crippen LogP contribution >= 0.6 is 0 Å². The van der Waals surface area contributed by atoms with Crippen molar-refractivity contribution in [2.45, 2.75) is 50.6 Å². The number of nitrogens with one attached hydrogen (secondary N) is 1. The van der Waals surface area contributed by atoms with E-state index < -0.39 is 17.2 Å². The zero-order chi connectivity index (χ0) is 19.9. The minimum Gasteiger partial charge on any atom is -0.349 e. The standard InChI is InChI=1S/C21H26F2N4O/c1-14-16(10-26(2)25-14)11-27-12-19(15-7-17(22)9-18(23)8-15)21(13-27)6-4-3-5-20(28)24-21/h7-10,19H,3-6,11-13H2,1-2H3,(H,24,28)/t19-,21+/m0/s1. The Morgan fingerprint density at radius 3 is 2.68 bits per heavy atom. The van der Waals surface area contributed by atoms with Crippen LogP contribution in [0.25, 0.3) is 0 Å². The zero-order valence-electron chi connectivity index (χ0n) is 16.3. The fourth-order valence-electron chi connectivity index (χ4n) is 4.88. The number of rotatable bonds is 3. The van der Waals surface area contributed by atoms with Crippen molar-refractivity contribution < 1.29 is 13.6 Å². The molecular formula is C21H26F2N4O. The summed E-state index contributed by atoms with van der Waals surface area (Å²) in [6.45, 7) is 3.98. The summed E-state index contributed by atoms with van der Waals surface area (Å²) >= 11 is 0. The van der Waals surface area contributed by atoms with Crippen LogP contribution in [-0.4, -0.2) is 39.2 Å². The van der Waals surface area contributed by atoms with E-state index in [1.807, 2.05) is 20.2 Å². The summed E-state index contributed by atoms with van der Waals surface area (Å²) in [5.41, 5.74) is 2.22. The lowest BCUT2D eigenvalue weighted by Crippen LogP contribution is -2.52. The predicted octanol–water partition coefficient (Wildman–Crippen LogP) is 3.04. The van der Waals surface area contributed by atoms with Crippen LogP contribution in [0.2, 0.25) is 0 Å². The molecule has 1 N–H and O–H groups in total. The molecule has 3 heterocycles. The number of hydrogen-bond donors (Lipinski definition) is 1. The van der Waals surface area contributed by atoms with E-state index in [9.17, 15) is 13.6 Å². The van der Waals surface area contributed by atoms with Gasteiger partial charge in [0.25, 0.3) is 0 Å². The van der Waals surface area contributed by atoms with Crippen LogP contribution < -0.4 is 5.32 Å². The van der Waals surface area contributed by atoms with E-state index in [0.717, 1.165) is 36.6 Å². The minimum atomic E-state index is -0.577. The van der Waals surface area contributed by atoms with Crippen molar-refractivity contribution in [1.29, 1.82) is 0 Å². The Morgan fingerprint density at radius 1 is 1.25 bits per heavy atom. The Balaban J connectivity index is 1.68. The smallest absolute Gasteiger partial charge is 0.220 e. The van der Waals surface area contributed by atoms with Crippen LogP contribution in [0, 0.1) is 18.6 Å². The van der Waals surface area contributed by atoms with Gasteiger partial charge < -0.3 is 5.32 Å². The summed E-state index contributed by atoms with van der Waals surface area (Å²) in [7, 11) is 1.89. The molecule has 4 rings (SSSR count). The highest BCUT2D eigenvalue weighted by Gasteiger charge is 2.48. The molecule has 2 aromatic rings. The third kappa shape index (κ3) is 3.68. The first-order chi connectivity index (χ1) is 13.3. The van der Waals surface area contributed by atoms with Crippen molar-refractivity contribution in [3.05, 3.63) is 52.9 Å². The average Bonchev–Trinajstić information content (AvgIpc) is 3.03. The second-order valence-electron chi connectivity index (χ2n) is 8.25. The Kier molecular flexibility index (Phi) is 4.95. The number of carbonyl (C=O) groups excluding carboxylic acids is 1. The number of aromatic nitrogens is 2. The lowest BCUT2D eigenvalue weighted by molar-refractivity contribution is -0.122. The van der Waals surface area contributed by atoms with Crippen LogP contribution in [-0.2, 0) is 18.4 Å². The van der Waals surface area contributed by atoms with E-state index in [-0.39, 0.29) is 11.8 Å². The summed E-state index contributed by atoms with van der Waals surface area (Å²) in [5, 5.41) is 7.64. The normalized spacial score (nSPS) is 25.9. The largest absolute Gasteiger partial charge is 0.349 e. The van der Waals surface area contributed by atoms with E-state index >= 15 is 0 Å². The van der Waals surface area contributed by atoms with Gasteiger partial charge in [0.05, 0.1) is 11.2 Å². The topological polar surface area (TPSA) is 50.2 Å². The number of halogens is 2. The van der Waals surface area contributed by atoms with Crippen molar-refractivity contribution in [2.75, 3.05) is 13.1 Å². The summed E-state index contributed by atoms with van der Waals surface area (Å²) < 4.78 is 29.7. The lowest BCUT2D eigenvalue weighted by atomic mass is 9.79. The van der Waals surface area contributed by atoms with Crippen LogP contribution in [0.15, 0.2) is 24.4 Å². The maximum atomic E-state index is 13.9. The number of likely N-dealkylation sites (tertiary alicyclic amines) is 1. The number of amides is 1. The maximum Gasteiger partial charge on any atom is 0.220 e. The first-order valence-corrected chi connectivity index (χ1v) is 9.83.